The van der Waals surface area contributed by atoms with Gasteiger partial charge in [0.2, 0.25) is 0 Å². The fraction of sp³-hybridized carbons (Fsp3) is 0.0588. The molecule has 0 bridgehead atoms. The van der Waals surface area contributed by atoms with Crippen LogP contribution in [0.5, 0.6) is 5.75 Å². The molecule has 6 heteroatoms. The molecule has 0 aromatic heterocycles. The van der Waals surface area contributed by atoms with Gasteiger partial charge in [-0.3, -0.25) is 4.79 Å². The number of rotatable bonds is 4. The molecule has 0 unspecified atom stereocenters. The number of anilines is 2. The van der Waals surface area contributed by atoms with Crippen LogP contribution in [0.4, 0.5) is 11.4 Å². The molecular formula is C17H14BrN3O2. The van der Waals surface area contributed by atoms with Crippen LogP contribution in [0.3, 0.4) is 0 Å². The van der Waals surface area contributed by atoms with Crippen molar-refractivity contribution in [2.75, 3.05) is 10.6 Å². The molecule has 0 atom stereocenters. The van der Waals surface area contributed by atoms with Gasteiger partial charge < -0.3 is 15.7 Å². The lowest BCUT2D eigenvalue weighted by molar-refractivity contribution is -0.112. The number of amides is 1. The highest BCUT2D eigenvalue weighted by Crippen LogP contribution is 2.24. The molecule has 1 amide bonds. The number of aromatic hydroxyl groups is 1. The van der Waals surface area contributed by atoms with Crippen LogP contribution in [-0.4, -0.2) is 11.0 Å². The minimum Gasteiger partial charge on any atom is -0.506 e. The van der Waals surface area contributed by atoms with Crippen molar-refractivity contribution in [2.45, 2.75) is 6.92 Å². The van der Waals surface area contributed by atoms with Gasteiger partial charge in [-0.2, -0.15) is 5.26 Å². The van der Waals surface area contributed by atoms with Crippen LogP contribution in [0, 0.1) is 18.3 Å². The third-order valence-corrected chi connectivity index (χ3v) is 3.52. The van der Waals surface area contributed by atoms with Crippen LogP contribution < -0.4 is 10.6 Å². The minimum absolute atomic E-state index is 0.0480. The number of hydrogen-bond acceptors (Lipinski definition) is 4. The lowest BCUT2D eigenvalue weighted by Crippen LogP contribution is -2.14. The summed E-state index contributed by atoms with van der Waals surface area (Å²) < 4.78 is 0.892. The number of carbonyl (C=O) groups excluding carboxylic acids is 1. The largest absolute Gasteiger partial charge is 0.506 e. The number of carbonyl (C=O) groups is 1. The summed E-state index contributed by atoms with van der Waals surface area (Å²) in [5.74, 6) is -0.485. The third kappa shape index (κ3) is 4.59. The van der Waals surface area contributed by atoms with E-state index in [-0.39, 0.29) is 11.3 Å². The fourth-order valence-corrected chi connectivity index (χ4v) is 2.06. The predicted octanol–water partition coefficient (Wildman–Crippen LogP) is 3.92. The Balaban J connectivity index is 2.10. The number of nitriles is 1. The first-order valence-electron chi connectivity index (χ1n) is 6.73. The van der Waals surface area contributed by atoms with E-state index in [1.807, 2.05) is 19.1 Å². The Kier molecular flexibility index (Phi) is 5.39. The van der Waals surface area contributed by atoms with Gasteiger partial charge in [-0.1, -0.05) is 22.0 Å². The zero-order valence-corrected chi connectivity index (χ0v) is 13.9. The molecule has 2 aromatic carbocycles. The first-order chi connectivity index (χ1) is 11.0. The maximum Gasteiger partial charge on any atom is 0.267 e. The fourth-order valence-electron chi connectivity index (χ4n) is 1.79. The topological polar surface area (TPSA) is 85.2 Å². The molecule has 2 rings (SSSR count). The van der Waals surface area contributed by atoms with Gasteiger partial charge in [-0.25, -0.2) is 0 Å². The lowest BCUT2D eigenvalue weighted by Gasteiger charge is -2.07. The van der Waals surface area contributed by atoms with Crippen LogP contribution in [-0.2, 0) is 4.79 Å². The molecule has 0 spiro atoms. The molecular weight excluding hydrogens is 358 g/mol. The molecule has 3 N–H and O–H groups in total. The summed E-state index contributed by atoms with van der Waals surface area (Å²) >= 11 is 3.31. The van der Waals surface area contributed by atoms with Crippen molar-refractivity contribution in [3.63, 3.8) is 0 Å². The molecule has 23 heavy (non-hydrogen) atoms. The van der Waals surface area contributed by atoms with Crippen molar-refractivity contribution in [1.82, 2.24) is 0 Å². The van der Waals surface area contributed by atoms with Crippen LogP contribution in [0.25, 0.3) is 0 Å². The number of nitrogens with one attached hydrogen (secondary N) is 2. The number of halogens is 1. The van der Waals surface area contributed by atoms with E-state index >= 15 is 0 Å². The van der Waals surface area contributed by atoms with Gasteiger partial charge in [0.15, 0.2) is 0 Å². The smallest absolute Gasteiger partial charge is 0.267 e. The molecule has 2 aromatic rings. The maximum atomic E-state index is 12.1. The quantitative estimate of drug-likeness (QED) is 0.431. The van der Waals surface area contributed by atoms with E-state index in [0.717, 1.165) is 10.0 Å². The molecule has 0 saturated heterocycles. The van der Waals surface area contributed by atoms with Gasteiger partial charge in [0.1, 0.15) is 17.4 Å². The molecule has 5 nitrogen and oxygen atoms in total. The second kappa shape index (κ2) is 7.47. The van der Waals surface area contributed by atoms with Crippen molar-refractivity contribution in [1.29, 1.82) is 5.26 Å². The second-order valence-corrected chi connectivity index (χ2v) is 5.71. The monoisotopic (exact) mass is 371 g/mol. The summed E-state index contributed by atoms with van der Waals surface area (Å²) in [5, 5.41) is 24.3. The van der Waals surface area contributed by atoms with Gasteiger partial charge in [0.25, 0.3) is 5.91 Å². The van der Waals surface area contributed by atoms with Crippen molar-refractivity contribution < 1.29 is 9.90 Å². The zero-order valence-electron chi connectivity index (χ0n) is 12.3. The number of hydrogen-bond donors (Lipinski definition) is 3. The van der Waals surface area contributed by atoms with Crippen LogP contribution >= 0.6 is 15.9 Å². The van der Waals surface area contributed by atoms with Crippen LogP contribution in [0.2, 0.25) is 0 Å². The highest BCUT2D eigenvalue weighted by Gasteiger charge is 2.09. The summed E-state index contributed by atoms with van der Waals surface area (Å²) in [6.07, 6.45) is 1.26. The summed E-state index contributed by atoms with van der Waals surface area (Å²) in [4.78, 5) is 12.1. The average Bonchev–Trinajstić information content (AvgIpc) is 2.52. The Morgan fingerprint density at radius 1 is 1.26 bits per heavy atom. The van der Waals surface area contributed by atoms with Gasteiger partial charge >= 0.3 is 0 Å². The predicted molar refractivity (Wildman–Crippen MR) is 92.9 cm³/mol. The van der Waals surface area contributed by atoms with Crippen LogP contribution in [0.15, 0.2) is 58.7 Å². The molecule has 116 valence electrons. The summed E-state index contributed by atoms with van der Waals surface area (Å²) in [7, 11) is 0. The Bertz CT molecular complexity index is 792. The summed E-state index contributed by atoms with van der Waals surface area (Å²) in [6.45, 7) is 1.85. The van der Waals surface area contributed by atoms with Gasteiger partial charge in [-0.15, -0.1) is 0 Å². The Morgan fingerprint density at radius 2 is 1.96 bits per heavy atom. The summed E-state index contributed by atoms with van der Waals surface area (Å²) in [6, 6.07) is 13.9. The minimum atomic E-state index is -0.533. The Labute approximate surface area is 142 Å². The third-order valence-electron chi connectivity index (χ3n) is 2.99. The molecule has 0 aliphatic carbocycles. The van der Waals surface area contributed by atoms with Crippen molar-refractivity contribution in [2.24, 2.45) is 0 Å². The summed E-state index contributed by atoms with van der Waals surface area (Å²) in [5.41, 5.74) is 1.80. The van der Waals surface area contributed by atoms with E-state index in [1.54, 1.807) is 36.4 Å². The molecule has 0 saturated carbocycles. The SMILES string of the molecule is Cc1ccc(N/C=C(/C#N)C(=O)Nc2ccc(Br)cc2)c(O)c1. The zero-order chi connectivity index (χ0) is 16.8. The van der Waals surface area contributed by atoms with Gasteiger partial charge in [-0.05, 0) is 48.9 Å². The highest BCUT2D eigenvalue weighted by molar-refractivity contribution is 9.10. The van der Waals surface area contributed by atoms with E-state index in [0.29, 0.717) is 11.4 Å². The molecule has 0 aliphatic rings. The van der Waals surface area contributed by atoms with E-state index in [9.17, 15) is 9.90 Å². The van der Waals surface area contributed by atoms with E-state index in [1.165, 1.54) is 6.20 Å². The molecule has 0 aliphatic heterocycles. The number of benzene rings is 2. The molecule has 0 heterocycles. The lowest BCUT2D eigenvalue weighted by atomic mass is 10.2. The first kappa shape index (κ1) is 16.6. The van der Waals surface area contributed by atoms with Crippen LogP contribution in [0.1, 0.15) is 5.56 Å². The highest BCUT2D eigenvalue weighted by atomic mass is 79.9. The number of phenolic OH excluding ortho intramolecular Hbond substituents is 1. The van der Waals surface area contributed by atoms with E-state index in [2.05, 4.69) is 26.6 Å². The second-order valence-electron chi connectivity index (χ2n) is 4.80. The van der Waals surface area contributed by atoms with E-state index in [4.69, 9.17) is 5.26 Å². The molecule has 0 fully saturated rings. The number of aryl methyl sites for hydroxylation is 1. The van der Waals surface area contributed by atoms with Gasteiger partial charge in [0, 0.05) is 16.4 Å². The Hall–Kier alpha value is -2.78. The van der Waals surface area contributed by atoms with E-state index < -0.39 is 5.91 Å². The normalized spacial score (nSPS) is 10.7. The maximum absolute atomic E-state index is 12.1. The van der Waals surface area contributed by atoms with Crippen molar-refractivity contribution in [3.8, 4) is 11.8 Å². The first-order valence-corrected chi connectivity index (χ1v) is 7.52. The van der Waals surface area contributed by atoms with Crippen molar-refractivity contribution in [3.05, 3.63) is 64.3 Å². The number of nitrogens with zero attached hydrogens (tertiary/aromatic N) is 1. The van der Waals surface area contributed by atoms with Crippen molar-refractivity contribution >= 4 is 33.2 Å². The number of phenols is 1. The standard InChI is InChI=1S/C17H14BrN3O2/c1-11-2-7-15(16(22)8-11)20-10-12(9-19)17(23)21-14-5-3-13(18)4-6-14/h2-8,10,20,22H,1H3,(H,21,23)/b12-10-. The Morgan fingerprint density at radius 3 is 2.57 bits per heavy atom. The average molecular weight is 372 g/mol. The molecule has 0 radical (unpaired) electrons. The van der Waals surface area contributed by atoms with Gasteiger partial charge in [0.05, 0.1) is 5.69 Å².